The van der Waals surface area contributed by atoms with Gasteiger partial charge in [0.25, 0.3) is 0 Å². The lowest BCUT2D eigenvalue weighted by Crippen LogP contribution is -2.19. The minimum absolute atomic E-state index is 0.386. The molecule has 0 fully saturated rings. The third kappa shape index (κ3) is 3.31. The van der Waals surface area contributed by atoms with E-state index in [1.807, 2.05) is 25.1 Å². The van der Waals surface area contributed by atoms with E-state index in [4.69, 9.17) is 0 Å². The van der Waals surface area contributed by atoms with Gasteiger partial charge in [-0.15, -0.1) is 0 Å². The SMILES string of the molecule is Cc1cccc(NC(=O)Nc2cccc(F)c2)c1. The van der Waals surface area contributed by atoms with Crippen LogP contribution in [0.5, 0.6) is 0 Å². The quantitative estimate of drug-likeness (QED) is 0.829. The van der Waals surface area contributed by atoms with Crippen LogP contribution in [-0.4, -0.2) is 6.03 Å². The number of benzene rings is 2. The van der Waals surface area contributed by atoms with Crippen molar-refractivity contribution < 1.29 is 9.18 Å². The summed E-state index contributed by atoms with van der Waals surface area (Å²) in [6.07, 6.45) is 0. The molecule has 0 atom stereocenters. The normalized spacial score (nSPS) is 9.89. The molecule has 0 bridgehead atoms. The molecule has 0 unspecified atom stereocenters. The standard InChI is InChI=1S/C14H13FN2O/c1-10-4-2-6-12(8-10)16-14(18)17-13-7-3-5-11(15)9-13/h2-9H,1H3,(H2,16,17,18). The third-order valence-corrected chi connectivity index (χ3v) is 2.36. The first kappa shape index (κ1) is 12.1. The fourth-order valence-corrected chi connectivity index (χ4v) is 1.58. The van der Waals surface area contributed by atoms with E-state index in [1.165, 1.54) is 18.2 Å². The molecule has 0 saturated carbocycles. The van der Waals surface area contributed by atoms with E-state index >= 15 is 0 Å². The number of nitrogens with one attached hydrogen (secondary N) is 2. The molecule has 0 aliphatic carbocycles. The summed E-state index contributed by atoms with van der Waals surface area (Å²) in [6.45, 7) is 1.94. The highest BCUT2D eigenvalue weighted by molar-refractivity contribution is 5.99. The van der Waals surface area contributed by atoms with Crippen molar-refractivity contribution in [1.29, 1.82) is 0 Å². The Bertz CT molecular complexity index is 520. The molecular weight excluding hydrogens is 231 g/mol. The lowest BCUT2D eigenvalue weighted by atomic mass is 10.2. The fraction of sp³-hybridized carbons (Fsp3) is 0.0714. The molecule has 0 aliphatic rings. The summed E-state index contributed by atoms with van der Waals surface area (Å²) >= 11 is 0. The second kappa shape index (κ2) is 5.31. The Balaban J connectivity index is 2.01. The largest absolute Gasteiger partial charge is 0.323 e. The van der Waals surface area contributed by atoms with Crippen LogP contribution in [0.2, 0.25) is 0 Å². The predicted octanol–water partition coefficient (Wildman–Crippen LogP) is 3.78. The zero-order valence-corrected chi connectivity index (χ0v) is 9.91. The maximum atomic E-state index is 12.9. The van der Waals surface area contributed by atoms with Crippen LogP contribution in [0.3, 0.4) is 0 Å². The molecule has 2 aromatic carbocycles. The second-order valence-electron chi connectivity index (χ2n) is 3.96. The zero-order valence-electron chi connectivity index (χ0n) is 9.91. The van der Waals surface area contributed by atoms with Gasteiger partial charge in [0.2, 0.25) is 0 Å². The van der Waals surface area contributed by atoms with E-state index in [-0.39, 0.29) is 5.82 Å². The van der Waals surface area contributed by atoms with Crippen molar-refractivity contribution in [3.8, 4) is 0 Å². The summed E-state index contributed by atoms with van der Waals surface area (Å²) in [4.78, 5) is 11.7. The number of amides is 2. The minimum atomic E-state index is -0.397. The summed E-state index contributed by atoms with van der Waals surface area (Å²) in [5.41, 5.74) is 2.17. The molecule has 0 heterocycles. The van der Waals surface area contributed by atoms with Crippen molar-refractivity contribution in [3.63, 3.8) is 0 Å². The number of carbonyl (C=O) groups is 1. The first-order valence-electron chi connectivity index (χ1n) is 5.54. The van der Waals surface area contributed by atoms with Gasteiger partial charge in [-0.1, -0.05) is 18.2 Å². The van der Waals surface area contributed by atoms with Gasteiger partial charge in [0.15, 0.2) is 0 Å². The van der Waals surface area contributed by atoms with Gasteiger partial charge in [0, 0.05) is 11.4 Å². The Kier molecular flexibility index (Phi) is 3.57. The maximum Gasteiger partial charge on any atom is 0.323 e. The first-order valence-corrected chi connectivity index (χ1v) is 5.54. The summed E-state index contributed by atoms with van der Waals surface area (Å²) in [7, 11) is 0. The van der Waals surface area contributed by atoms with Crippen LogP contribution in [0.4, 0.5) is 20.6 Å². The minimum Gasteiger partial charge on any atom is -0.308 e. The van der Waals surface area contributed by atoms with E-state index in [9.17, 15) is 9.18 Å². The Labute approximate surface area is 105 Å². The van der Waals surface area contributed by atoms with Crippen LogP contribution in [0.25, 0.3) is 0 Å². The van der Waals surface area contributed by atoms with Crippen LogP contribution in [0.1, 0.15) is 5.56 Å². The topological polar surface area (TPSA) is 41.1 Å². The van der Waals surface area contributed by atoms with Gasteiger partial charge < -0.3 is 10.6 Å². The van der Waals surface area contributed by atoms with Crippen molar-refractivity contribution in [1.82, 2.24) is 0 Å². The van der Waals surface area contributed by atoms with Gasteiger partial charge in [-0.25, -0.2) is 9.18 Å². The summed E-state index contributed by atoms with van der Waals surface area (Å²) in [6, 6.07) is 12.8. The number of anilines is 2. The van der Waals surface area contributed by atoms with Crippen LogP contribution in [0, 0.1) is 12.7 Å². The predicted molar refractivity (Wildman–Crippen MR) is 70.2 cm³/mol. The molecule has 0 aliphatic heterocycles. The van der Waals surface area contributed by atoms with E-state index in [0.29, 0.717) is 11.4 Å². The highest BCUT2D eigenvalue weighted by Crippen LogP contribution is 2.12. The van der Waals surface area contributed by atoms with Gasteiger partial charge in [-0.05, 0) is 42.8 Å². The van der Waals surface area contributed by atoms with E-state index < -0.39 is 6.03 Å². The van der Waals surface area contributed by atoms with Gasteiger partial charge in [0.05, 0.1) is 0 Å². The molecular formula is C14H13FN2O. The van der Waals surface area contributed by atoms with Crippen molar-refractivity contribution >= 4 is 17.4 Å². The third-order valence-electron chi connectivity index (χ3n) is 2.36. The Morgan fingerprint density at radius 3 is 2.22 bits per heavy atom. The molecule has 4 heteroatoms. The van der Waals surface area contributed by atoms with Crippen molar-refractivity contribution in [2.45, 2.75) is 6.92 Å². The number of carbonyl (C=O) groups excluding carboxylic acids is 1. The summed E-state index contributed by atoms with van der Waals surface area (Å²) < 4.78 is 12.9. The van der Waals surface area contributed by atoms with E-state index in [2.05, 4.69) is 10.6 Å². The Morgan fingerprint density at radius 2 is 1.61 bits per heavy atom. The average Bonchev–Trinajstić information content (AvgIpc) is 2.28. The number of rotatable bonds is 2. The first-order chi connectivity index (χ1) is 8.63. The average molecular weight is 244 g/mol. The van der Waals surface area contributed by atoms with E-state index in [0.717, 1.165) is 5.56 Å². The zero-order chi connectivity index (χ0) is 13.0. The molecule has 2 aromatic rings. The number of aryl methyl sites for hydroxylation is 1. The Hall–Kier alpha value is -2.36. The van der Waals surface area contributed by atoms with Crippen LogP contribution in [-0.2, 0) is 0 Å². The van der Waals surface area contributed by atoms with Gasteiger partial charge in [-0.2, -0.15) is 0 Å². The molecule has 18 heavy (non-hydrogen) atoms. The van der Waals surface area contributed by atoms with Crippen molar-refractivity contribution in [2.24, 2.45) is 0 Å². The lowest BCUT2D eigenvalue weighted by molar-refractivity contribution is 0.262. The lowest BCUT2D eigenvalue weighted by Gasteiger charge is -2.08. The number of halogens is 1. The highest BCUT2D eigenvalue weighted by Gasteiger charge is 2.03. The van der Waals surface area contributed by atoms with Gasteiger partial charge in [0.1, 0.15) is 5.82 Å². The highest BCUT2D eigenvalue weighted by atomic mass is 19.1. The van der Waals surface area contributed by atoms with Gasteiger partial charge in [-0.3, -0.25) is 0 Å². The molecule has 2 N–H and O–H groups in total. The van der Waals surface area contributed by atoms with Gasteiger partial charge >= 0.3 is 6.03 Å². The number of hydrogen-bond donors (Lipinski definition) is 2. The van der Waals surface area contributed by atoms with Crippen molar-refractivity contribution in [2.75, 3.05) is 10.6 Å². The molecule has 2 rings (SSSR count). The monoisotopic (exact) mass is 244 g/mol. The molecule has 0 spiro atoms. The van der Waals surface area contributed by atoms with Crippen LogP contribution in [0.15, 0.2) is 48.5 Å². The maximum absolute atomic E-state index is 12.9. The van der Waals surface area contributed by atoms with Crippen LogP contribution < -0.4 is 10.6 Å². The summed E-state index contributed by atoms with van der Waals surface area (Å²) in [5.74, 6) is -0.386. The van der Waals surface area contributed by atoms with Crippen molar-refractivity contribution in [3.05, 3.63) is 59.9 Å². The fourth-order valence-electron chi connectivity index (χ4n) is 1.58. The smallest absolute Gasteiger partial charge is 0.308 e. The Morgan fingerprint density at radius 1 is 1.00 bits per heavy atom. The summed E-state index contributed by atoms with van der Waals surface area (Å²) in [5, 5.41) is 5.24. The second-order valence-corrected chi connectivity index (χ2v) is 3.96. The molecule has 0 aromatic heterocycles. The molecule has 0 radical (unpaired) electrons. The number of hydrogen-bond acceptors (Lipinski definition) is 1. The molecule has 0 saturated heterocycles. The number of urea groups is 1. The van der Waals surface area contributed by atoms with Crippen LogP contribution >= 0.6 is 0 Å². The molecule has 92 valence electrons. The molecule has 2 amide bonds. The van der Waals surface area contributed by atoms with E-state index in [1.54, 1.807) is 12.1 Å². The molecule has 3 nitrogen and oxygen atoms in total.